The Morgan fingerprint density at radius 3 is 2.24 bits per heavy atom. The molecule has 0 radical (unpaired) electrons. The van der Waals surface area contributed by atoms with Crippen LogP contribution in [-0.4, -0.2) is 18.8 Å². The third-order valence-corrected chi connectivity index (χ3v) is 4.32. The molecule has 0 aromatic heterocycles. The van der Waals surface area contributed by atoms with Gasteiger partial charge in [0.1, 0.15) is 0 Å². The fraction of sp³-hybridized carbons (Fsp3) is 0.765. The smallest absolute Gasteiger partial charge is 0.215 e. The van der Waals surface area contributed by atoms with Crippen LogP contribution in [0.2, 0.25) is 0 Å². The van der Waals surface area contributed by atoms with Crippen molar-refractivity contribution >= 4 is 6.21 Å². The average Bonchev–Trinajstić information content (AvgIpc) is 2.54. The summed E-state index contributed by atoms with van der Waals surface area (Å²) in [4.78, 5) is 8.22. The molecule has 0 heterocycles. The summed E-state index contributed by atoms with van der Waals surface area (Å²) in [6.07, 6.45) is 11.1. The Morgan fingerprint density at radius 2 is 1.71 bits per heavy atom. The Kier molecular flexibility index (Phi) is 8.15. The molecule has 1 fully saturated rings. The van der Waals surface area contributed by atoms with E-state index < -0.39 is 0 Å². The molecule has 0 amide bonds. The fourth-order valence-electron chi connectivity index (χ4n) is 2.95. The second kappa shape index (κ2) is 9.95. The predicted octanol–water partition coefficient (Wildman–Crippen LogP) is 4.29. The SMILES string of the molecule is [C-]#[N+]CCC(/C=N/C1CCCCC1)(CCC#N)CCC#N. The number of hydrogen-bond donors (Lipinski definition) is 0. The molecule has 0 aromatic rings. The molecule has 1 aliphatic rings. The van der Waals surface area contributed by atoms with Crippen molar-refractivity contribution in [3.8, 4) is 12.1 Å². The summed E-state index contributed by atoms with van der Waals surface area (Å²) in [6.45, 7) is 7.45. The van der Waals surface area contributed by atoms with Gasteiger partial charge in [0.05, 0.1) is 12.1 Å². The number of aliphatic imine (C=N–C) groups is 1. The van der Waals surface area contributed by atoms with Crippen LogP contribution in [0, 0.1) is 34.6 Å². The molecule has 0 aromatic carbocycles. The first-order valence-electron chi connectivity index (χ1n) is 7.88. The van der Waals surface area contributed by atoms with Crippen molar-refractivity contribution in [1.82, 2.24) is 0 Å². The normalized spacial score (nSPS) is 16.2. The summed E-state index contributed by atoms with van der Waals surface area (Å²) in [6, 6.07) is 4.78. The summed E-state index contributed by atoms with van der Waals surface area (Å²) in [5.74, 6) is 0. The maximum Gasteiger partial charge on any atom is 0.215 e. The maximum atomic E-state index is 8.88. The van der Waals surface area contributed by atoms with E-state index in [9.17, 15) is 0 Å². The molecule has 1 aliphatic carbocycles. The highest BCUT2D eigenvalue weighted by atomic mass is 14.8. The largest absolute Gasteiger partial charge is 0.317 e. The van der Waals surface area contributed by atoms with Crippen molar-refractivity contribution in [2.24, 2.45) is 10.4 Å². The quantitative estimate of drug-likeness (QED) is 0.493. The Labute approximate surface area is 128 Å². The minimum atomic E-state index is -0.243. The van der Waals surface area contributed by atoms with Crippen LogP contribution in [0.3, 0.4) is 0 Å². The van der Waals surface area contributed by atoms with Gasteiger partial charge in [0.25, 0.3) is 0 Å². The first-order valence-corrected chi connectivity index (χ1v) is 7.88. The van der Waals surface area contributed by atoms with Crippen molar-refractivity contribution in [3.05, 3.63) is 11.4 Å². The van der Waals surface area contributed by atoms with E-state index in [0.29, 0.717) is 44.7 Å². The molecule has 4 nitrogen and oxygen atoms in total. The molecular weight excluding hydrogens is 260 g/mol. The molecule has 112 valence electrons. The molecule has 1 rings (SSSR count). The van der Waals surface area contributed by atoms with Crippen molar-refractivity contribution in [2.75, 3.05) is 6.54 Å². The lowest BCUT2D eigenvalue weighted by atomic mass is 9.77. The molecule has 0 unspecified atom stereocenters. The number of nitriles is 2. The second-order valence-corrected chi connectivity index (χ2v) is 5.88. The molecule has 0 atom stereocenters. The molecule has 0 spiro atoms. The Hall–Kier alpha value is -1.86. The Morgan fingerprint density at radius 1 is 1.10 bits per heavy atom. The minimum absolute atomic E-state index is 0.243. The van der Waals surface area contributed by atoms with E-state index in [1.165, 1.54) is 19.3 Å². The van der Waals surface area contributed by atoms with Gasteiger partial charge in [-0.15, -0.1) is 0 Å². The number of nitrogens with zero attached hydrogens (tertiary/aromatic N) is 4. The summed E-state index contributed by atoms with van der Waals surface area (Å²) in [7, 11) is 0. The predicted molar refractivity (Wildman–Crippen MR) is 83.6 cm³/mol. The number of rotatable bonds is 8. The van der Waals surface area contributed by atoms with E-state index in [-0.39, 0.29) is 5.41 Å². The van der Waals surface area contributed by atoms with Crippen LogP contribution in [0.4, 0.5) is 0 Å². The van der Waals surface area contributed by atoms with Crippen LogP contribution in [0.1, 0.15) is 64.2 Å². The summed E-state index contributed by atoms with van der Waals surface area (Å²) < 4.78 is 0. The van der Waals surface area contributed by atoms with Gasteiger partial charge < -0.3 is 4.85 Å². The highest BCUT2D eigenvalue weighted by molar-refractivity contribution is 5.66. The van der Waals surface area contributed by atoms with E-state index in [1.54, 1.807) is 0 Å². The van der Waals surface area contributed by atoms with Crippen molar-refractivity contribution < 1.29 is 0 Å². The van der Waals surface area contributed by atoms with Gasteiger partial charge in [-0.05, 0) is 25.7 Å². The van der Waals surface area contributed by atoms with Crippen LogP contribution in [0.5, 0.6) is 0 Å². The molecule has 0 N–H and O–H groups in total. The molecule has 1 saturated carbocycles. The van der Waals surface area contributed by atoms with Crippen LogP contribution in [0.15, 0.2) is 4.99 Å². The Bertz CT molecular complexity index is 395. The molecule has 0 saturated heterocycles. The van der Waals surface area contributed by atoms with Gasteiger partial charge in [-0.25, -0.2) is 6.57 Å². The van der Waals surface area contributed by atoms with E-state index in [2.05, 4.69) is 17.0 Å². The second-order valence-electron chi connectivity index (χ2n) is 5.88. The van der Waals surface area contributed by atoms with Crippen LogP contribution in [-0.2, 0) is 0 Å². The zero-order chi connectivity index (χ0) is 15.4. The van der Waals surface area contributed by atoms with Gasteiger partial charge in [0.2, 0.25) is 6.54 Å². The van der Waals surface area contributed by atoms with Gasteiger partial charge in [0.15, 0.2) is 0 Å². The molecule has 21 heavy (non-hydrogen) atoms. The summed E-state index contributed by atoms with van der Waals surface area (Å²) in [5.41, 5.74) is -0.243. The summed E-state index contributed by atoms with van der Waals surface area (Å²) >= 11 is 0. The highest BCUT2D eigenvalue weighted by Crippen LogP contribution is 2.33. The van der Waals surface area contributed by atoms with Crippen LogP contribution < -0.4 is 0 Å². The fourth-order valence-corrected chi connectivity index (χ4v) is 2.95. The van der Waals surface area contributed by atoms with Crippen molar-refractivity contribution in [1.29, 1.82) is 10.5 Å². The topological polar surface area (TPSA) is 64.3 Å². The lowest BCUT2D eigenvalue weighted by Crippen LogP contribution is -2.25. The zero-order valence-electron chi connectivity index (χ0n) is 12.7. The van der Waals surface area contributed by atoms with Crippen molar-refractivity contribution in [2.45, 2.75) is 70.3 Å². The molecule has 4 heteroatoms. The van der Waals surface area contributed by atoms with E-state index in [0.717, 1.165) is 12.8 Å². The zero-order valence-corrected chi connectivity index (χ0v) is 12.7. The lowest BCUT2D eigenvalue weighted by molar-refractivity contribution is 0.351. The van der Waals surface area contributed by atoms with Crippen LogP contribution in [0.25, 0.3) is 4.85 Å². The van der Waals surface area contributed by atoms with Gasteiger partial charge in [-0.2, -0.15) is 10.5 Å². The first kappa shape index (κ1) is 17.2. The van der Waals surface area contributed by atoms with Gasteiger partial charge in [-0.1, -0.05) is 19.3 Å². The van der Waals surface area contributed by atoms with Gasteiger partial charge in [0, 0.05) is 36.9 Å². The standard InChI is InChI=1S/C17H24N4/c1-20-14-11-17(9-5-12-18,10-6-13-19)15-21-16-7-3-2-4-8-16/h15-16H,2-11,14H2/b21-15+. The third-order valence-electron chi connectivity index (χ3n) is 4.32. The van der Waals surface area contributed by atoms with Crippen molar-refractivity contribution in [3.63, 3.8) is 0 Å². The summed E-state index contributed by atoms with van der Waals surface area (Å²) in [5, 5.41) is 17.8. The molecular formula is C17H24N4. The lowest BCUT2D eigenvalue weighted by Gasteiger charge is -2.28. The van der Waals surface area contributed by atoms with E-state index in [1.807, 2.05) is 6.21 Å². The van der Waals surface area contributed by atoms with Crippen LogP contribution >= 0.6 is 0 Å². The molecule has 0 bridgehead atoms. The minimum Gasteiger partial charge on any atom is -0.317 e. The van der Waals surface area contributed by atoms with E-state index in [4.69, 9.17) is 22.1 Å². The average molecular weight is 284 g/mol. The molecule has 0 aliphatic heterocycles. The monoisotopic (exact) mass is 284 g/mol. The van der Waals surface area contributed by atoms with Gasteiger partial charge in [-0.3, -0.25) is 4.99 Å². The van der Waals surface area contributed by atoms with Gasteiger partial charge >= 0.3 is 0 Å². The highest BCUT2D eigenvalue weighted by Gasteiger charge is 2.29. The number of hydrogen-bond acceptors (Lipinski definition) is 3. The maximum absolute atomic E-state index is 8.88. The Balaban J connectivity index is 2.79. The third kappa shape index (κ3) is 6.42. The first-order chi connectivity index (χ1) is 10.3. The van der Waals surface area contributed by atoms with E-state index >= 15 is 0 Å².